The summed E-state index contributed by atoms with van der Waals surface area (Å²) in [6.45, 7) is 6.16. The van der Waals surface area contributed by atoms with Crippen molar-refractivity contribution in [3.05, 3.63) is 62.9 Å². The van der Waals surface area contributed by atoms with Gasteiger partial charge in [0.15, 0.2) is 11.5 Å². The van der Waals surface area contributed by atoms with Crippen molar-refractivity contribution in [3.63, 3.8) is 0 Å². The third-order valence-electron chi connectivity index (χ3n) is 6.18. The van der Waals surface area contributed by atoms with Crippen LogP contribution in [0, 0.1) is 18.3 Å². The molecule has 33 heavy (non-hydrogen) atoms. The maximum absolute atomic E-state index is 13.8. The van der Waals surface area contributed by atoms with E-state index in [4.69, 9.17) is 24.7 Å². The molecule has 1 fully saturated rings. The zero-order chi connectivity index (χ0) is 23.5. The first-order valence-electron chi connectivity index (χ1n) is 10.8. The Bertz CT molecular complexity index is 1170. The summed E-state index contributed by atoms with van der Waals surface area (Å²) in [6, 6.07) is 9.31. The second kappa shape index (κ2) is 9.57. The summed E-state index contributed by atoms with van der Waals surface area (Å²) >= 11 is 0. The number of ether oxygens (including phenoxy) is 4. The molecule has 9 heteroatoms. The lowest BCUT2D eigenvalue weighted by atomic mass is 9.83. The number of rotatable bonds is 6. The number of aryl methyl sites for hydroxylation is 1. The molecule has 0 saturated carbocycles. The van der Waals surface area contributed by atoms with E-state index in [-0.39, 0.29) is 17.0 Å². The minimum absolute atomic E-state index is 0.0234. The summed E-state index contributed by atoms with van der Waals surface area (Å²) in [5, 5.41) is 9.93. The fourth-order valence-electron chi connectivity index (χ4n) is 4.48. The number of para-hydroxylation sites is 1. The molecule has 0 bridgehead atoms. The van der Waals surface area contributed by atoms with Crippen LogP contribution in [0.5, 0.6) is 17.2 Å². The van der Waals surface area contributed by atoms with Crippen LogP contribution in [0.15, 0.2) is 40.5 Å². The van der Waals surface area contributed by atoms with E-state index in [0.717, 1.165) is 25.3 Å². The number of nitriles is 1. The molecule has 0 spiro atoms. The Morgan fingerprint density at radius 3 is 2.64 bits per heavy atom. The quantitative estimate of drug-likeness (QED) is 0.705. The van der Waals surface area contributed by atoms with Crippen LogP contribution in [-0.4, -0.2) is 56.5 Å². The van der Waals surface area contributed by atoms with Crippen LogP contribution >= 0.6 is 0 Å². The maximum Gasteiger partial charge on any atom is 0.258 e. The minimum Gasteiger partial charge on any atom is -0.493 e. The molecule has 2 aromatic rings. The second-order valence-corrected chi connectivity index (χ2v) is 7.98. The lowest BCUT2D eigenvalue weighted by Gasteiger charge is -2.30. The Morgan fingerprint density at radius 2 is 1.97 bits per heavy atom. The average molecular weight is 453 g/mol. The van der Waals surface area contributed by atoms with Gasteiger partial charge in [-0.25, -0.2) is 0 Å². The van der Waals surface area contributed by atoms with Gasteiger partial charge in [0.1, 0.15) is 17.4 Å². The first kappa shape index (κ1) is 22.7. The van der Waals surface area contributed by atoms with E-state index < -0.39 is 5.92 Å². The number of nitrogens with two attached hydrogens (primary N) is 1. The first-order valence-corrected chi connectivity index (χ1v) is 10.8. The van der Waals surface area contributed by atoms with Crippen LogP contribution in [0.1, 0.15) is 22.7 Å². The number of nitrogens with zero attached hydrogens (tertiary/aromatic N) is 3. The summed E-state index contributed by atoms with van der Waals surface area (Å²) in [5.74, 6) is 0.527. The number of hydrogen-bond acceptors (Lipinski definition) is 8. The molecule has 3 heterocycles. The van der Waals surface area contributed by atoms with Crippen molar-refractivity contribution in [2.24, 2.45) is 5.73 Å². The standard InChI is InChI=1S/C24H28N4O5/c1-15-13-19-21(24(29)28(15)8-7-27-9-11-32-12-10-27)20(17(14-25)23(26)33-19)16-5-4-6-18(30-2)22(16)31-3/h4-6,13,20H,7-12,26H2,1-3H3. The van der Waals surface area contributed by atoms with E-state index in [9.17, 15) is 10.1 Å². The van der Waals surface area contributed by atoms with E-state index in [2.05, 4.69) is 11.0 Å². The van der Waals surface area contributed by atoms with Gasteiger partial charge in [-0.2, -0.15) is 5.26 Å². The molecule has 0 aliphatic carbocycles. The maximum atomic E-state index is 13.8. The van der Waals surface area contributed by atoms with Crippen molar-refractivity contribution in [3.8, 4) is 23.3 Å². The van der Waals surface area contributed by atoms with Gasteiger partial charge in [0.2, 0.25) is 5.88 Å². The third-order valence-corrected chi connectivity index (χ3v) is 6.18. The summed E-state index contributed by atoms with van der Waals surface area (Å²) in [5.41, 5.74) is 7.81. The van der Waals surface area contributed by atoms with Gasteiger partial charge in [0, 0.05) is 43.5 Å². The van der Waals surface area contributed by atoms with E-state index >= 15 is 0 Å². The van der Waals surface area contributed by atoms with Crippen LogP contribution < -0.4 is 25.5 Å². The van der Waals surface area contributed by atoms with E-state index in [1.54, 1.807) is 22.8 Å². The zero-order valence-electron chi connectivity index (χ0n) is 19.1. The van der Waals surface area contributed by atoms with E-state index in [0.29, 0.717) is 48.1 Å². The SMILES string of the molecule is COc1cccc(C2C(C#N)=C(N)Oc3cc(C)n(CCN4CCOCC4)c(=O)c32)c1OC. The molecule has 4 rings (SSSR count). The fourth-order valence-corrected chi connectivity index (χ4v) is 4.48. The lowest BCUT2D eigenvalue weighted by molar-refractivity contribution is 0.0362. The zero-order valence-corrected chi connectivity index (χ0v) is 19.1. The van der Waals surface area contributed by atoms with Crippen molar-refractivity contribution in [1.82, 2.24) is 9.47 Å². The molecule has 174 valence electrons. The third kappa shape index (κ3) is 4.15. The first-order chi connectivity index (χ1) is 16.0. The molecular formula is C24H28N4O5. The van der Waals surface area contributed by atoms with Crippen molar-refractivity contribution in [2.75, 3.05) is 47.1 Å². The predicted molar refractivity (Wildman–Crippen MR) is 122 cm³/mol. The molecule has 1 saturated heterocycles. The van der Waals surface area contributed by atoms with Gasteiger partial charge >= 0.3 is 0 Å². The Hall–Kier alpha value is -3.48. The summed E-state index contributed by atoms with van der Waals surface area (Å²) in [4.78, 5) is 16.1. The van der Waals surface area contributed by atoms with Gasteiger partial charge in [0.25, 0.3) is 5.56 Å². The van der Waals surface area contributed by atoms with Crippen molar-refractivity contribution in [1.29, 1.82) is 5.26 Å². The number of fused-ring (bicyclic) bond motifs is 1. The van der Waals surface area contributed by atoms with Crippen LogP contribution in [-0.2, 0) is 11.3 Å². The van der Waals surface area contributed by atoms with Gasteiger partial charge in [-0.3, -0.25) is 9.69 Å². The number of morpholine rings is 1. The highest BCUT2D eigenvalue weighted by atomic mass is 16.5. The van der Waals surface area contributed by atoms with E-state index in [1.165, 1.54) is 14.2 Å². The van der Waals surface area contributed by atoms with Gasteiger partial charge in [-0.1, -0.05) is 12.1 Å². The molecule has 1 atom stereocenters. The summed E-state index contributed by atoms with van der Waals surface area (Å²) < 4.78 is 24.0. The number of benzene rings is 1. The number of pyridine rings is 1. The highest BCUT2D eigenvalue weighted by Gasteiger charge is 2.36. The fraction of sp³-hybridized carbons (Fsp3) is 0.417. The summed E-state index contributed by atoms with van der Waals surface area (Å²) in [6.07, 6.45) is 0. The van der Waals surface area contributed by atoms with Crippen molar-refractivity contribution in [2.45, 2.75) is 19.4 Å². The molecule has 2 aliphatic rings. The van der Waals surface area contributed by atoms with Crippen LogP contribution in [0.25, 0.3) is 0 Å². The number of aromatic nitrogens is 1. The number of methoxy groups -OCH3 is 2. The Kier molecular flexibility index (Phi) is 6.58. The largest absolute Gasteiger partial charge is 0.493 e. The van der Waals surface area contributed by atoms with Crippen molar-refractivity contribution >= 4 is 0 Å². The van der Waals surface area contributed by atoms with Crippen LogP contribution in [0.2, 0.25) is 0 Å². The smallest absolute Gasteiger partial charge is 0.258 e. The molecule has 9 nitrogen and oxygen atoms in total. The minimum atomic E-state index is -0.744. The highest BCUT2D eigenvalue weighted by molar-refractivity contribution is 5.60. The van der Waals surface area contributed by atoms with E-state index in [1.807, 2.05) is 13.0 Å². The van der Waals surface area contributed by atoms with Gasteiger partial charge in [-0.05, 0) is 13.0 Å². The molecule has 2 aliphatic heterocycles. The van der Waals surface area contributed by atoms with Crippen molar-refractivity contribution < 1.29 is 18.9 Å². The Labute approximate surface area is 192 Å². The van der Waals surface area contributed by atoms with Gasteiger partial charge in [0.05, 0.1) is 38.9 Å². The molecule has 1 unspecified atom stereocenters. The number of allylic oxidation sites excluding steroid dienone is 1. The molecule has 2 N–H and O–H groups in total. The molecule has 0 amide bonds. The molecular weight excluding hydrogens is 424 g/mol. The molecule has 1 aromatic heterocycles. The monoisotopic (exact) mass is 452 g/mol. The summed E-state index contributed by atoms with van der Waals surface area (Å²) in [7, 11) is 3.06. The molecule has 0 radical (unpaired) electrons. The lowest BCUT2D eigenvalue weighted by Crippen LogP contribution is -2.40. The van der Waals surface area contributed by atoms with Gasteiger partial charge in [-0.15, -0.1) is 0 Å². The average Bonchev–Trinajstić information content (AvgIpc) is 2.83. The topological polar surface area (TPSA) is 112 Å². The predicted octanol–water partition coefficient (Wildman–Crippen LogP) is 1.72. The Morgan fingerprint density at radius 1 is 1.21 bits per heavy atom. The van der Waals surface area contributed by atoms with Gasteiger partial charge < -0.3 is 29.2 Å². The van der Waals surface area contributed by atoms with Crippen LogP contribution in [0.4, 0.5) is 0 Å². The highest BCUT2D eigenvalue weighted by Crippen LogP contribution is 2.46. The van der Waals surface area contributed by atoms with Crippen LogP contribution in [0.3, 0.4) is 0 Å². The normalized spacial score (nSPS) is 18.3. The Balaban J connectivity index is 1.84. The molecule has 1 aromatic carbocycles. The second-order valence-electron chi connectivity index (χ2n) is 7.98. The number of hydrogen-bond donors (Lipinski definition) is 1.